The molecule has 7 nitrogen and oxygen atoms in total. The van der Waals surface area contributed by atoms with Crippen molar-refractivity contribution in [1.29, 1.82) is 10.8 Å². The summed E-state index contributed by atoms with van der Waals surface area (Å²) in [5.41, 5.74) is 9.94. The monoisotopic (exact) mass is 362 g/mol. The number of nitrogens with two attached hydrogens (primary N) is 1. The largest absolute Gasteiger partial charge is 0.365 e. The summed E-state index contributed by atoms with van der Waals surface area (Å²) in [5, 5.41) is 22.1. The van der Waals surface area contributed by atoms with Crippen LogP contribution in [0.25, 0.3) is 0 Å². The summed E-state index contributed by atoms with van der Waals surface area (Å²) in [4.78, 5) is 16.1. The number of primary amides is 1. The molecule has 3 rings (SSSR count). The summed E-state index contributed by atoms with van der Waals surface area (Å²) in [6.45, 7) is 1.92. The van der Waals surface area contributed by atoms with Gasteiger partial charge in [0.25, 0.3) is 5.91 Å². The Balaban J connectivity index is 2.09. The number of anilines is 1. The first-order chi connectivity index (χ1) is 13.0. The van der Waals surface area contributed by atoms with Gasteiger partial charge in [0.05, 0.1) is 17.0 Å². The number of nitrogens with zero attached hydrogens (tertiary/aromatic N) is 1. The van der Waals surface area contributed by atoms with Crippen LogP contribution in [-0.4, -0.2) is 22.8 Å². The SMILES string of the molecule is Cc1cccc(N/C(C2=C/C(=C(/C=N)C(N)=O)NC=C2)=C2/CCCC2=N)n1. The number of hydrogen-bond acceptors (Lipinski definition) is 6. The number of nitrogens with one attached hydrogen (secondary N) is 4. The minimum absolute atomic E-state index is 0.0939. The molecule has 0 saturated heterocycles. The third kappa shape index (κ3) is 4.03. The second-order valence-corrected chi connectivity index (χ2v) is 6.39. The van der Waals surface area contributed by atoms with E-state index in [1.54, 1.807) is 12.3 Å². The standard InChI is InChI=1S/C20H22N6O/c1-12-4-2-7-18(25-12)26-19(14-5-3-6-16(14)22)13-8-9-24-17(10-13)15(11-21)20(23)27/h2,4,7-11,21-22,24H,3,5-6H2,1H3,(H2,23,27)(H,25,26)/b17-15+,19-14-,21-11?,22-16?. The highest BCUT2D eigenvalue weighted by atomic mass is 16.1. The van der Waals surface area contributed by atoms with Gasteiger partial charge in [0.1, 0.15) is 5.82 Å². The second kappa shape index (κ2) is 7.82. The van der Waals surface area contributed by atoms with Gasteiger partial charge in [-0.15, -0.1) is 0 Å². The van der Waals surface area contributed by atoms with E-state index in [1.807, 2.05) is 31.2 Å². The lowest BCUT2D eigenvalue weighted by Gasteiger charge is -2.19. The minimum Gasteiger partial charge on any atom is -0.365 e. The number of aryl methyl sites for hydroxylation is 1. The zero-order valence-corrected chi connectivity index (χ0v) is 15.1. The van der Waals surface area contributed by atoms with Crippen LogP contribution in [0.3, 0.4) is 0 Å². The summed E-state index contributed by atoms with van der Waals surface area (Å²) in [5.74, 6) is 0.0206. The van der Waals surface area contributed by atoms with E-state index in [0.29, 0.717) is 17.2 Å². The zero-order valence-electron chi connectivity index (χ0n) is 15.1. The Hall–Kier alpha value is -3.48. The van der Waals surface area contributed by atoms with Crippen molar-refractivity contribution in [2.45, 2.75) is 26.2 Å². The number of pyridine rings is 1. The van der Waals surface area contributed by atoms with Crippen LogP contribution in [0.15, 0.2) is 64.7 Å². The number of dihydropyridines is 1. The van der Waals surface area contributed by atoms with Crippen LogP contribution in [0.5, 0.6) is 0 Å². The summed E-state index contributed by atoms with van der Waals surface area (Å²) in [7, 11) is 0. The number of carbonyl (C=O) groups is 1. The average molecular weight is 362 g/mol. The number of hydrogen-bond donors (Lipinski definition) is 5. The Morgan fingerprint density at radius 1 is 1.37 bits per heavy atom. The minimum atomic E-state index is -0.672. The molecule has 0 atom stereocenters. The molecule has 1 aromatic heterocycles. The van der Waals surface area contributed by atoms with Crippen molar-refractivity contribution in [2.24, 2.45) is 5.73 Å². The third-order valence-electron chi connectivity index (χ3n) is 4.45. The lowest BCUT2D eigenvalue weighted by atomic mass is 10.00. The highest BCUT2D eigenvalue weighted by Gasteiger charge is 2.22. The van der Waals surface area contributed by atoms with Crippen LogP contribution >= 0.6 is 0 Å². The number of carbonyl (C=O) groups excluding carboxylic acids is 1. The Labute approximate surface area is 157 Å². The molecule has 1 aliphatic carbocycles. The van der Waals surface area contributed by atoms with E-state index in [-0.39, 0.29) is 5.57 Å². The zero-order chi connectivity index (χ0) is 19.4. The van der Waals surface area contributed by atoms with Gasteiger partial charge >= 0.3 is 0 Å². The number of amides is 1. The molecule has 2 aliphatic rings. The molecule has 27 heavy (non-hydrogen) atoms. The topological polar surface area (TPSA) is 128 Å². The van der Waals surface area contributed by atoms with E-state index < -0.39 is 5.91 Å². The van der Waals surface area contributed by atoms with Gasteiger partial charge in [0.15, 0.2) is 0 Å². The van der Waals surface area contributed by atoms with Gasteiger partial charge in [0, 0.05) is 29.4 Å². The molecule has 0 bridgehead atoms. The Bertz CT molecular complexity index is 936. The smallest absolute Gasteiger partial charge is 0.252 e. The summed E-state index contributed by atoms with van der Waals surface area (Å²) >= 11 is 0. The highest BCUT2D eigenvalue weighted by molar-refractivity contribution is 6.11. The molecule has 0 spiro atoms. The predicted octanol–water partition coefficient (Wildman–Crippen LogP) is 2.69. The molecule has 1 fully saturated rings. The molecule has 0 aromatic carbocycles. The number of allylic oxidation sites excluding steroid dienone is 3. The van der Waals surface area contributed by atoms with Crippen molar-refractivity contribution in [2.75, 3.05) is 5.32 Å². The van der Waals surface area contributed by atoms with Gasteiger partial charge < -0.3 is 27.2 Å². The summed E-state index contributed by atoms with van der Waals surface area (Å²) in [6, 6.07) is 5.72. The second-order valence-electron chi connectivity index (χ2n) is 6.39. The van der Waals surface area contributed by atoms with Gasteiger partial charge in [-0.3, -0.25) is 4.79 Å². The molecule has 1 aromatic rings. The van der Waals surface area contributed by atoms with Gasteiger partial charge in [-0.05, 0) is 56.0 Å². The van der Waals surface area contributed by atoms with E-state index in [2.05, 4.69) is 15.6 Å². The summed E-state index contributed by atoms with van der Waals surface area (Å²) in [6.07, 6.45) is 8.75. The van der Waals surface area contributed by atoms with E-state index in [0.717, 1.165) is 48.0 Å². The quantitative estimate of drug-likeness (QED) is 0.407. The molecule has 1 saturated carbocycles. The van der Waals surface area contributed by atoms with Crippen LogP contribution in [0.2, 0.25) is 0 Å². The fraction of sp³-hybridized carbons (Fsp3) is 0.200. The molecule has 7 heteroatoms. The molecule has 138 valence electrons. The average Bonchev–Trinajstić information content (AvgIpc) is 3.06. The fourth-order valence-corrected chi connectivity index (χ4v) is 3.14. The van der Waals surface area contributed by atoms with Crippen LogP contribution in [-0.2, 0) is 4.79 Å². The van der Waals surface area contributed by atoms with Crippen molar-refractivity contribution in [3.8, 4) is 0 Å². The maximum atomic E-state index is 11.6. The van der Waals surface area contributed by atoms with E-state index in [9.17, 15) is 4.79 Å². The lowest BCUT2D eigenvalue weighted by Crippen LogP contribution is -2.22. The number of rotatable bonds is 5. The number of aromatic nitrogens is 1. The van der Waals surface area contributed by atoms with Crippen molar-refractivity contribution in [3.05, 3.63) is 70.4 Å². The van der Waals surface area contributed by atoms with Gasteiger partial charge in [-0.1, -0.05) is 6.07 Å². The molecule has 0 radical (unpaired) electrons. The Kier molecular flexibility index (Phi) is 5.30. The van der Waals surface area contributed by atoms with Gasteiger partial charge in [-0.25, -0.2) is 4.98 Å². The lowest BCUT2D eigenvalue weighted by molar-refractivity contribution is -0.114. The van der Waals surface area contributed by atoms with Crippen molar-refractivity contribution in [1.82, 2.24) is 10.3 Å². The van der Waals surface area contributed by atoms with Crippen LogP contribution in [0, 0.1) is 17.7 Å². The van der Waals surface area contributed by atoms with E-state index >= 15 is 0 Å². The third-order valence-corrected chi connectivity index (χ3v) is 4.45. The Morgan fingerprint density at radius 3 is 2.81 bits per heavy atom. The van der Waals surface area contributed by atoms with Crippen molar-refractivity contribution in [3.63, 3.8) is 0 Å². The van der Waals surface area contributed by atoms with Crippen molar-refractivity contribution < 1.29 is 4.79 Å². The first-order valence-corrected chi connectivity index (χ1v) is 8.71. The highest BCUT2D eigenvalue weighted by Crippen LogP contribution is 2.30. The fourth-order valence-electron chi connectivity index (χ4n) is 3.14. The Morgan fingerprint density at radius 2 is 2.19 bits per heavy atom. The van der Waals surface area contributed by atoms with Crippen molar-refractivity contribution >= 4 is 23.7 Å². The normalized spacial score (nSPS) is 19.9. The van der Waals surface area contributed by atoms with Crippen LogP contribution in [0.4, 0.5) is 5.82 Å². The predicted molar refractivity (Wildman–Crippen MR) is 107 cm³/mol. The maximum absolute atomic E-state index is 11.6. The van der Waals surface area contributed by atoms with Gasteiger partial charge in [-0.2, -0.15) is 0 Å². The molecular weight excluding hydrogens is 340 g/mol. The van der Waals surface area contributed by atoms with Crippen LogP contribution in [0.1, 0.15) is 25.0 Å². The first kappa shape index (κ1) is 18.3. The van der Waals surface area contributed by atoms with Gasteiger partial charge in [0.2, 0.25) is 0 Å². The molecular formula is C20H22N6O. The molecule has 0 unspecified atom stereocenters. The summed E-state index contributed by atoms with van der Waals surface area (Å²) < 4.78 is 0. The van der Waals surface area contributed by atoms with E-state index in [1.165, 1.54) is 0 Å². The molecule has 1 amide bonds. The first-order valence-electron chi connectivity index (χ1n) is 8.71. The maximum Gasteiger partial charge on any atom is 0.252 e. The molecule has 1 aliphatic heterocycles. The van der Waals surface area contributed by atoms with Crippen LogP contribution < -0.4 is 16.4 Å². The molecule has 6 N–H and O–H groups in total. The molecule has 2 heterocycles. The van der Waals surface area contributed by atoms with E-state index in [4.69, 9.17) is 16.6 Å².